The molecule has 6 heteroatoms. The predicted octanol–water partition coefficient (Wildman–Crippen LogP) is 3.78. The Labute approximate surface area is 192 Å². The van der Waals surface area contributed by atoms with Gasteiger partial charge in [0.2, 0.25) is 5.91 Å². The number of hydrogen-bond donors (Lipinski definition) is 3. The maximum absolute atomic E-state index is 12.9. The number of rotatable bonds is 6. The Balaban J connectivity index is 1.72. The van der Waals surface area contributed by atoms with Crippen molar-refractivity contribution in [3.8, 4) is 5.75 Å². The standard InChI is InChI=1S/C26H40N2O4/c1-15(2)27-24(30)16(3)20-11-13-26(5)14-12-21(17(4)22(26)23(20)29)28-25(31)18-7-9-19(32-6)10-8-18/h7-10,15-17,20-23,29H,11-14H2,1-6H3,(H,27,30)(H,28,31). The van der Waals surface area contributed by atoms with Gasteiger partial charge in [-0.2, -0.15) is 0 Å². The van der Waals surface area contributed by atoms with Crippen molar-refractivity contribution in [2.24, 2.45) is 29.1 Å². The highest BCUT2D eigenvalue weighted by Crippen LogP contribution is 2.55. The lowest BCUT2D eigenvalue weighted by atomic mass is 9.51. The van der Waals surface area contributed by atoms with Crippen LogP contribution in [-0.4, -0.2) is 42.2 Å². The first-order valence-corrected chi connectivity index (χ1v) is 12.0. The number of aliphatic hydroxyl groups excluding tert-OH is 1. The van der Waals surface area contributed by atoms with E-state index in [-0.39, 0.29) is 53.0 Å². The van der Waals surface area contributed by atoms with E-state index >= 15 is 0 Å². The number of methoxy groups -OCH3 is 1. The zero-order chi connectivity index (χ0) is 23.6. The van der Waals surface area contributed by atoms with E-state index in [2.05, 4.69) is 24.5 Å². The van der Waals surface area contributed by atoms with Gasteiger partial charge in [-0.3, -0.25) is 9.59 Å². The highest BCUT2D eigenvalue weighted by molar-refractivity contribution is 5.94. The van der Waals surface area contributed by atoms with Gasteiger partial charge in [0.1, 0.15) is 5.75 Å². The number of amides is 2. The van der Waals surface area contributed by atoms with Crippen molar-refractivity contribution in [3.63, 3.8) is 0 Å². The summed E-state index contributed by atoms with van der Waals surface area (Å²) < 4.78 is 5.18. The number of benzene rings is 1. The van der Waals surface area contributed by atoms with Crippen molar-refractivity contribution in [2.75, 3.05) is 7.11 Å². The Morgan fingerprint density at radius 1 is 1.12 bits per heavy atom. The molecule has 0 aliphatic heterocycles. The molecule has 0 bridgehead atoms. The summed E-state index contributed by atoms with van der Waals surface area (Å²) in [6.07, 6.45) is 3.17. The van der Waals surface area contributed by atoms with E-state index in [1.54, 1.807) is 31.4 Å². The van der Waals surface area contributed by atoms with E-state index in [4.69, 9.17) is 4.74 Å². The van der Waals surface area contributed by atoms with Gasteiger partial charge < -0.3 is 20.5 Å². The number of fused-ring (bicyclic) bond motifs is 1. The average molecular weight is 445 g/mol. The molecule has 178 valence electrons. The molecule has 7 atom stereocenters. The maximum atomic E-state index is 12.9. The predicted molar refractivity (Wildman–Crippen MR) is 125 cm³/mol. The fourth-order valence-electron chi connectivity index (χ4n) is 6.10. The molecule has 2 aliphatic carbocycles. The molecule has 1 aromatic carbocycles. The fourth-order valence-corrected chi connectivity index (χ4v) is 6.10. The number of nitrogens with one attached hydrogen (secondary N) is 2. The SMILES string of the molecule is COc1ccc(C(=O)NC2CCC3(C)CCC(C(C)C(=O)NC(C)C)C(O)C3C2C)cc1. The summed E-state index contributed by atoms with van der Waals surface area (Å²) in [6.45, 7) is 10.3. The highest BCUT2D eigenvalue weighted by Gasteiger charge is 2.53. The Bertz CT molecular complexity index is 809. The number of ether oxygens (including phenoxy) is 1. The van der Waals surface area contributed by atoms with Crippen molar-refractivity contribution in [1.82, 2.24) is 10.6 Å². The van der Waals surface area contributed by atoms with Crippen LogP contribution in [0, 0.1) is 29.1 Å². The van der Waals surface area contributed by atoms with Crippen molar-refractivity contribution >= 4 is 11.8 Å². The summed E-state index contributed by atoms with van der Waals surface area (Å²) in [5.74, 6) is 0.499. The second-order valence-electron chi connectivity index (χ2n) is 10.5. The number of carbonyl (C=O) groups is 2. The summed E-state index contributed by atoms with van der Waals surface area (Å²) in [4.78, 5) is 25.5. The van der Waals surface area contributed by atoms with Crippen LogP contribution in [0.2, 0.25) is 0 Å². The lowest BCUT2D eigenvalue weighted by Crippen LogP contribution is -2.58. The molecule has 1 aromatic rings. The fraction of sp³-hybridized carbons (Fsp3) is 0.692. The van der Waals surface area contributed by atoms with Crippen LogP contribution < -0.4 is 15.4 Å². The third-order valence-corrected chi connectivity index (χ3v) is 8.04. The largest absolute Gasteiger partial charge is 0.497 e. The molecule has 0 spiro atoms. The highest BCUT2D eigenvalue weighted by atomic mass is 16.5. The molecule has 2 saturated carbocycles. The molecule has 0 radical (unpaired) electrons. The molecular formula is C26H40N2O4. The smallest absolute Gasteiger partial charge is 0.251 e. The lowest BCUT2D eigenvalue weighted by molar-refractivity contribution is -0.142. The van der Waals surface area contributed by atoms with Gasteiger partial charge >= 0.3 is 0 Å². The summed E-state index contributed by atoms with van der Waals surface area (Å²) in [6, 6.07) is 7.20. The molecule has 0 saturated heterocycles. The molecule has 7 unspecified atom stereocenters. The topological polar surface area (TPSA) is 87.7 Å². The Kier molecular flexibility index (Phi) is 7.53. The number of aliphatic hydroxyl groups is 1. The Hall–Kier alpha value is -2.08. The van der Waals surface area contributed by atoms with E-state index in [0.29, 0.717) is 5.56 Å². The molecule has 3 N–H and O–H groups in total. The van der Waals surface area contributed by atoms with Gasteiger partial charge in [0.25, 0.3) is 5.91 Å². The van der Waals surface area contributed by atoms with Crippen molar-refractivity contribution in [2.45, 2.75) is 78.5 Å². The monoisotopic (exact) mass is 444 g/mol. The van der Waals surface area contributed by atoms with Gasteiger partial charge in [-0.1, -0.05) is 20.8 Å². The molecule has 0 aromatic heterocycles. The van der Waals surface area contributed by atoms with Crippen molar-refractivity contribution < 1.29 is 19.4 Å². The second kappa shape index (κ2) is 9.82. The van der Waals surface area contributed by atoms with E-state index in [1.807, 2.05) is 20.8 Å². The molecule has 3 rings (SSSR count). The van der Waals surface area contributed by atoms with E-state index < -0.39 is 6.10 Å². The van der Waals surface area contributed by atoms with Crippen LogP contribution in [0.15, 0.2) is 24.3 Å². The van der Waals surface area contributed by atoms with Crippen LogP contribution in [0.3, 0.4) is 0 Å². The zero-order valence-corrected chi connectivity index (χ0v) is 20.4. The van der Waals surface area contributed by atoms with Crippen LogP contribution in [-0.2, 0) is 4.79 Å². The van der Waals surface area contributed by atoms with Crippen LogP contribution in [0.4, 0.5) is 0 Å². The molecule has 2 aliphatic rings. The molecule has 0 heterocycles. The lowest BCUT2D eigenvalue weighted by Gasteiger charge is -2.56. The minimum Gasteiger partial charge on any atom is -0.497 e. The second-order valence-corrected chi connectivity index (χ2v) is 10.5. The molecule has 2 amide bonds. The van der Waals surface area contributed by atoms with Crippen molar-refractivity contribution in [1.29, 1.82) is 0 Å². The van der Waals surface area contributed by atoms with Gasteiger partial charge in [0.05, 0.1) is 13.2 Å². The average Bonchev–Trinajstić information content (AvgIpc) is 2.75. The van der Waals surface area contributed by atoms with Gasteiger partial charge in [0.15, 0.2) is 0 Å². The first kappa shape index (κ1) is 24.6. The molecule has 2 fully saturated rings. The number of hydrogen-bond acceptors (Lipinski definition) is 4. The third kappa shape index (κ3) is 4.95. The normalized spacial score (nSPS) is 33.2. The van der Waals surface area contributed by atoms with Crippen molar-refractivity contribution in [3.05, 3.63) is 29.8 Å². The minimum atomic E-state index is -0.558. The van der Waals surface area contributed by atoms with Crippen LogP contribution in [0.25, 0.3) is 0 Å². The summed E-state index contributed by atoms with van der Waals surface area (Å²) >= 11 is 0. The van der Waals surface area contributed by atoms with Crippen LogP contribution >= 0.6 is 0 Å². The van der Waals surface area contributed by atoms with Gasteiger partial charge in [-0.05, 0) is 87.0 Å². The molecular weight excluding hydrogens is 404 g/mol. The Morgan fingerprint density at radius 2 is 1.75 bits per heavy atom. The maximum Gasteiger partial charge on any atom is 0.251 e. The number of carbonyl (C=O) groups excluding carboxylic acids is 2. The minimum absolute atomic E-state index is 0.00382. The van der Waals surface area contributed by atoms with Crippen LogP contribution in [0.1, 0.15) is 70.7 Å². The third-order valence-electron chi connectivity index (χ3n) is 8.04. The van der Waals surface area contributed by atoms with E-state index in [9.17, 15) is 14.7 Å². The van der Waals surface area contributed by atoms with E-state index in [0.717, 1.165) is 31.4 Å². The van der Waals surface area contributed by atoms with E-state index in [1.165, 1.54) is 0 Å². The van der Waals surface area contributed by atoms with Gasteiger partial charge in [0, 0.05) is 23.6 Å². The van der Waals surface area contributed by atoms with Gasteiger partial charge in [-0.15, -0.1) is 0 Å². The summed E-state index contributed by atoms with van der Waals surface area (Å²) in [5, 5.41) is 17.7. The first-order chi connectivity index (χ1) is 15.1. The molecule has 32 heavy (non-hydrogen) atoms. The molecule has 6 nitrogen and oxygen atoms in total. The van der Waals surface area contributed by atoms with Crippen LogP contribution in [0.5, 0.6) is 5.75 Å². The van der Waals surface area contributed by atoms with Gasteiger partial charge in [-0.25, -0.2) is 0 Å². The Morgan fingerprint density at radius 3 is 2.34 bits per heavy atom. The summed E-state index contributed by atoms with van der Waals surface area (Å²) in [5.41, 5.74) is 0.637. The zero-order valence-electron chi connectivity index (χ0n) is 20.4. The summed E-state index contributed by atoms with van der Waals surface area (Å²) in [7, 11) is 1.60. The first-order valence-electron chi connectivity index (χ1n) is 12.0. The quantitative estimate of drug-likeness (QED) is 0.623.